The number of likely N-dealkylation sites (tertiary alicyclic amines) is 1. The van der Waals surface area contributed by atoms with Crippen molar-refractivity contribution in [3.63, 3.8) is 0 Å². The van der Waals surface area contributed by atoms with Crippen LogP contribution in [0.2, 0.25) is 0 Å². The van der Waals surface area contributed by atoms with E-state index in [4.69, 9.17) is 9.90 Å². The number of carbonyl (C=O) groups excluding carboxylic acids is 1. The van der Waals surface area contributed by atoms with E-state index in [0.29, 0.717) is 12.6 Å². The van der Waals surface area contributed by atoms with Crippen LogP contribution in [0, 0.1) is 0 Å². The number of halogens is 3. The number of carbonyl (C=O) groups is 2. The molecule has 2 aliphatic rings. The number of carboxylic acid groups (broad SMARTS) is 1. The first-order chi connectivity index (χ1) is 15.7. The smallest absolute Gasteiger partial charge is 0.475 e. The number of hydrogen-bond donors (Lipinski definition) is 2. The average molecular weight is 467 g/mol. The molecule has 2 N–H and O–H groups in total. The molecule has 180 valence electrons. The Labute approximate surface area is 190 Å². The van der Waals surface area contributed by atoms with Gasteiger partial charge in [0.2, 0.25) is 0 Å². The van der Waals surface area contributed by atoms with Gasteiger partial charge in [-0.3, -0.25) is 9.58 Å². The van der Waals surface area contributed by atoms with E-state index in [-0.39, 0.29) is 6.03 Å². The lowest BCUT2D eigenvalue weighted by atomic mass is 10.1. The fraction of sp³-hybridized carbons (Fsp3) is 0.500. The minimum atomic E-state index is -5.08. The Bertz CT molecular complexity index is 914. The summed E-state index contributed by atoms with van der Waals surface area (Å²) in [5, 5.41) is 14.7. The molecular formula is C22H28F3N5O3. The Morgan fingerprint density at radius 2 is 1.79 bits per heavy atom. The van der Waals surface area contributed by atoms with Gasteiger partial charge in [-0.15, -0.1) is 0 Å². The fourth-order valence-electron chi connectivity index (χ4n) is 4.02. The molecule has 33 heavy (non-hydrogen) atoms. The molecule has 1 atom stereocenters. The summed E-state index contributed by atoms with van der Waals surface area (Å²) >= 11 is 0. The van der Waals surface area contributed by atoms with Crippen LogP contribution in [0.1, 0.15) is 36.6 Å². The van der Waals surface area contributed by atoms with Crippen LogP contribution >= 0.6 is 0 Å². The number of amides is 2. The minimum Gasteiger partial charge on any atom is -0.475 e. The molecule has 0 spiro atoms. The highest BCUT2D eigenvalue weighted by molar-refractivity contribution is 5.74. The molecule has 11 heteroatoms. The predicted octanol–water partition coefficient (Wildman–Crippen LogP) is 3.27. The van der Waals surface area contributed by atoms with Crippen LogP contribution in [0.5, 0.6) is 0 Å². The Hall–Kier alpha value is -3.08. The molecule has 1 saturated heterocycles. The molecule has 0 saturated carbocycles. The van der Waals surface area contributed by atoms with Crippen molar-refractivity contribution in [2.75, 3.05) is 26.2 Å². The predicted molar refractivity (Wildman–Crippen MR) is 114 cm³/mol. The van der Waals surface area contributed by atoms with Crippen molar-refractivity contribution < 1.29 is 27.9 Å². The first-order valence-corrected chi connectivity index (χ1v) is 10.9. The Kier molecular flexibility index (Phi) is 8.32. The Morgan fingerprint density at radius 1 is 1.12 bits per heavy atom. The van der Waals surface area contributed by atoms with E-state index in [1.807, 2.05) is 11.1 Å². The third-order valence-electron chi connectivity index (χ3n) is 5.59. The van der Waals surface area contributed by atoms with Gasteiger partial charge >= 0.3 is 18.2 Å². The minimum absolute atomic E-state index is 0.0835. The molecule has 0 radical (unpaired) electrons. The zero-order valence-electron chi connectivity index (χ0n) is 18.2. The molecule has 1 aromatic carbocycles. The van der Waals surface area contributed by atoms with Crippen LogP contribution in [-0.4, -0.2) is 69.0 Å². The molecule has 1 fully saturated rings. The second-order valence-electron chi connectivity index (χ2n) is 8.09. The molecule has 2 aromatic rings. The molecule has 3 heterocycles. The highest BCUT2D eigenvalue weighted by Gasteiger charge is 2.38. The topological polar surface area (TPSA) is 90.7 Å². The van der Waals surface area contributed by atoms with Gasteiger partial charge in [0, 0.05) is 45.5 Å². The number of fused-ring (bicyclic) bond motifs is 1. The van der Waals surface area contributed by atoms with E-state index in [0.717, 1.165) is 52.0 Å². The van der Waals surface area contributed by atoms with Crippen LogP contribution in [0.4, 0.5) is 18.0 Å². The number of urea groups is 1. The maximum atomic E-state index is 12.2. The number of carboxylic acids is 1. The number of alkyl halides is 3. The molecule has 4 rings (SSSR count). The maximum absolute atomic E-state index is 12.2. The summed E-state index contributed by atoms with van der Waals surface area (Å²) in [4.78, 5) is 25.5. The summed E-state index contributed by atoms with van der Waals surface area (Å²) in [6.45, 7) is 5.31. The van der Waals surface area contributed by atoms with Crippen molar-refractivity contribution in [1.29, 1.82) is 0 Å². The lowest BCUT2D eigenvalue weighted by Gasteiger charge is -2.34. The van der Waals surface area contributed by atoms with Gasteiger partial charge in [-0.2, -0.15) is 18.3 Å². The van der Waals surface area contributed by atoms with Crippen LogP contribution in [0.15, 0.2) is 42.6 Å². The van der Waals surface area contributed by atoms with E-state index >= 15 is 0 Å². The normalized spacial score (nSPS) is 18.3. The number of nitrogens with one attached hydrogen (secondary N) is 1. The van der Waals surface area contributed by atoms with E-state index in [1.54, 1.807) is 0 Å². The number of benzene rings is 1. The summed E-state index contributed by atoms with van der Waals surface area (Å²) in [7, 11) is 0. The summed E-state index contributed by atoms with van der Waals surface area (Å²) in [5.41, 5.74) is 2.59. The highest BCUT2D eigenvalue weighted by atomic mass is 19.4. The Balaban J connectivity index is 0.000000383. The van der Waals surface area contributed by atoms with E-state index < -0.39 is 12.1 Å². The van der Waals surface area contributed by atoms with Gasteiger partial charge in [0.25, 0.3) is 0 Å². The van der Waals surface area contributed by atoms with Gasteiger partial charge in [0.1, 0.15) is 0 Å². The zero-order valence-corrected chi connectivity index (χ0v) is 18.2. The Morgan fingerprint density at radius 3 is 2.42 bits per heavy atom. The van der Waals surface area contributed by atoms with Gasteiger partial charge in [-0.1, -0.05) is 30.3 Å². The van der Waals surface area contributed by atoms with Gasteiger partial charge in [0.05, 0.1) is 11.7 Å². The first-order valence-electron chi connectivity index (χ1n) is 10.9. The standard InChI is InChI=1S/C20H27N5O.C2HF3O2/c26-20(24-12-4-5-13-24)21-10-8-18-15-23(14-17-6-2-1-3-7-17)16-19-9-11-22-25(18)19;3-2(4,5)1(6)7/h1-3,6-7,9,11,18H,4-5,8,10,12-16H2,(H,21,26);(H,6,7). The second-order valence-corrected chi connectivity index (χ2v) is 8.09. The van der Waals surface area contributed by atoms with Crippen LogP contribution < -0.4 is 5.32 Å². The quantitative estimate of drug-likeness (QED) is 0.705. The van der Waals surface area contributed by atoms with Crippen molar-refractivity contribution in [2.45, 2.75) is 44.6 Å². The molecule has 0 bridgehead atoms. The number of hydrogen-bond acceptors (Lipinski definition) is 4. The molecule has 2 aliphatic heterocycles. The van der Waals surface area contributed by atoms with Crippen molar-refractivity contribution in [2.24, 2.45) is 0 Å². The number of nitrogens with zero attached hydrogens (tertiary/aromatic N) is 4. The molecule has 1 aromatic heterocycles. The van der Waals surface area contributed by atoms with Gasteiger partial charge in [-0.05, 0) is 30.9 Å². The van der Waals surface area contributed by atoms with Crippen molar-refractivity contribution in [3.8, 4) is 0 Å². The van der Waals surface area contributed by atoms with Crippen molar-refractivity contribution in [1.82, 2.24) is 24.9 Å². The number of aliphatic carboxylic acids is 1. The molecule has 8 nitrogen and oxygen atoms in total. The lowest BCUT2D eigenvalue weighted by Crippen LogP contribution is -2.41. The molecule has 2 amide bonds. The molecular weight excluding hydrogens is 439 g/mol. The largest absolute Gasteiger partial charge is 0.490 e. The third kappa shape index (κ3) is 7.21. The van der Waals surface area contributed by atoms with Gasteiger partial charge < -0.3 is 15.3 Å². The van der Waals surface area contributed by atoms with E-state index in [2.05, 4.69) is 56.4 Å². The monoisotopic (exact) mass is 467 g/mol. The first kappa shape index (κ1) is 24.6. The molecule has 0 aliphatic carbocycles. The van der Waals surface area contributed by atoms with Gasteiger partial charge in [-0.25, -0.2) is 9.59 Å². The second kappa shape index (κ2) is 11.2. The summed E-state index contributed by atoms with van der Waals surface area (Å²) < 4.78 is 33.9. The lowest BCUT2D eigenvalue weighted by molar-refractivity contribution is -0.192. The average Bonchev–Trinajstić information content (AvgIpc) is 3.46. The number of aromatic nitrogens is 2. The SMILES string of the molecule is O=C(NCCC1CN(Cc2ccccc2)Cc2ccnn21)N1CCCC1.O=C(O)C(F)(F)F. The number of rotatable bonds is 5. The van der Waals surface area contributed by atoms with E-state index in [1.165, 1.54) is 11.3 Å². The van der Waals surface area contributed by atoms with Crippen LogP contribution in [0.25, 0.3) is 0 Å². The summed E-state index contributed by atoms with van der Waals surface area (Å²) in [6.07, 6.45) is -0.0427. The van der Waals surface area contributed by atoms with Crippen molar-refractivity contribution in [3.05, 3.63) is 53.9 Å². The summed E-state index contributed by atoms with van der Waals surface area (Å²) in [6, 6.07) is 13.1. The summed E-state index contributed by atoms with van der Waals surface area (Å²) in [5.74, 6) is -2.76. The highest BCUT2D eigenvalue weighted by Crippen LogP contribution is 2.24. The molecule has 1 unspecified atom stereocenters. The third-order valence-corrected chi connectivity index (χ3v) is 5.59. The van der Waals surface area contributed by atoms with Gasteiger partial charge in [0.15, 0.2) is 0 Å². The fourth-order valence-corrected chi connectivity index (χ4v) is 4.02. The van der Waals surface area contributed by atoms with E-state index in [9.17, 15) is 18.0 Å². The van der Waals surface area contributed by atoms with Crippen LogP contribution in [-0.2, 0) is 17.9 Å². The zero-order chi connectivity index (χ0) is 23.8. The van der Waals surface area contributed by atoms with Crippen LogP contribution in [0.3, 0.4) is 0 Å². The maximum Gasteiger partial charge on any atom is 0.490 e. The van der Waals surface area contributed by atoms with Crippen molar-refractivity contribution >= 4 is 12.0 Å².